The number of pyridine rings is 1. The first-order valence-electron chi connectivity index (χ1n) is 6.01. The van der Waals surface area contributed by atoms with Crippen LogP contribution in [0.4, 0.5) is 0 Å². The fraction of sp³-hybridized carbons (Fsp3) is 0. The summed E-state index contributed by atoms with van der Waals surface area (Å²) in [6.07, 6.45) is 4.98. The van der Waals surface area contributed by atoms with E-state index in [0.29, 0.717) is 0 Å². The number of rotatable bonds is 0. The van der Waals surface area contributed by atoms with E-state index >= 15 is 0 Å². The number of hydrogen-bond acceptors (Lipinski definition) is 3. The molecular formula is C16H12N2O. The molecule has 0 saturated carbocycles. The van der Waals surface area contributed by atoms with Gasteiger partial charge >= 0.3 is 0 Å². The number of benzene rings is 2. The maximum Gasteiger partial charge on any atom is 0.182 e. The van der Waals surface area contributed by atoms with Gasteiger partial charge in [0, 0.05) is 17.8 Å². The Balaban J connectivity index is 0.000000155. The van der Waals surface area contributed by atoms with Gasteiger partial charge in [0.25, 0.3) is 0 Å². The minimum Gasteiger partial charge on any atom is -0.443 e. The number of hydrogen-bond donors (Lipinski definition) is 0. The minimum absolute atomic E-state index is 0.846. The maximum absolute atomic E-state index is 5.21. The van der Waals surface area contributed by atoms with Crippen molar-refractivity contribution in [2.45, 2.75) is 0 Å². The molecule has 0 aliphatic carbocycles. The monoisotopic (exact) mass is 248 g/mol. The Hall–Kier alpha value is -2.68. The van der Waals surface area contributed by atoms with Crippen molar-refractivity contribution in [2.24, 2.45) is 0 Å². The van der Waals surface area contributed by atoms with Crippen molar-refractivity contribution in [2.75, 3.05) is 0 Å². The molecule has 0 aliphatic heterocycles. The molecule has 4 rings (SSSR count). The van der Waals surface area contributed by atoms with E-state index < -0.39 is 0 Å². The van der Waals surface area contributed by atoms with Gasteiger partial charge in [-0.15, -0.1) is 0 Å². The van der Waals surface area contributed by atoms with Crippen LogP contribution < -0.4 is 0 Å². The third-order valence-electron chi connectivity index (χ3n) is 2.79. The normalized spacial score (nSPS) is 10.1. The second-order valence-electron chi connectivity index (χ2n) is 4.01. The second kappa shape index (κ2) is 5.31. The summed E-state index contributed by atoms with van der Waals surface area (Å²) >= 11 is 0. The van der Waals surface area contributed by atoms with E-state index in [4.69, 9.17) is 4.42 Å². The van der Waals surface area contributed by atoms with Crippen LogP contribution in [0.15, 0.2) is 77.8 Å². The van der Waals surface area contributed by atoms with Crippen molar-refractivity contribution in [3.63, 3.8) is 0 Å². The quantitative estimate of drug-likeness (QED) is 0.471. The molecule has 4 aromatic rings. The molecule has 92 valence electrons. The van der Waals surface area contributed by atoms with Crippen LogP contribution in [0.5, 0.6) is 0 Å². The Kier molecular flexibility index (Phi) is 3.19. The summed E-state index contributed by atoms with van der Waals surface area (Å²) < 4.78 is 5.21. The van der Waals surface area contributed by atoms with Crippen molar-refractivity contribution in [1.82, 2.24) is 9.97 Å². The molecule has 2 heterocycles. The highest BCUT2D eigenvalue weighted by atomic mass is 16.3. The third kappa shape index (κ3) is 2.45. The Morgan fingerprint density at radius 2 is 1.63 bits per heavy atom. The van der Waals surface area contributed by atoms with E-state index in [-0.39, 0.29) is 0 Å². The lowest BCUT2D eigenvalue weighted by Crippen LogP contribution is -1.73. The molecule has 0 unspecified atom stereocenters. The van der Waals surface area contributed by atoms with Gasteiger partial charge in [0.2, 0.25) is 0 Å². The Morgan fingerprint density at radius 1 is 0.789 bits per heavy atom. The zero-order valence-electron chi connectivity index (χ0n) is 10.2. The molecule has 2 aromatic carbocycles. The fourth-order valence-electron chi connectivity index (χ4n) is 1.91. The smallest absolute Gasteiger partial charge is 0.182 e. The van der Waals surface area contributed by atoms with Gasteiger partial charge in [-0.3, -0.25) is 4.98 Å². The van der Waals surface area contributed by atoms with Gasteiger partial charge in [0.1, 0.15) is 5.52 Å². The maximum atomic E-state index is 5.21. The summed E-state index contributed by atoms with van der Waals surface area (Å²) in [7, 11) is 0. The molecule has 0 saturated heterocycles. The molecule has 0 bridgehead atoms. The average molecular weight is 248 g/mol. The predicted molar refractivity (Wildman–Crippen MR) is 75.8 cm³/mol. The highest BCUT2D eigenvalue weighted by molar-refractivity contribution is 6.03. The first-order valence-corrected chi connectivity index (χ1v) is 6.01. The van der Waals surface area contributed by atoms with Crippen LogP contribution in [0.1, 0.15) is 0 Å². The molecule has 3 nitrogen and oxygen atoms in total. The number of nitrogens with zero attached hydrogens (tertiary/aromatic N) is 2. The lowest BCUT2D eigenvalue weighted by molar-refractivity contribution is 0.602. The molecule has 0 N–H and O–H groups in total. The molecule has 19 heavy (non-hydrogen) atoms. The topological polar surface area (TPSA) is 38.9 Å². The van der Waals surface area contributed by atoms with Gasteiger partial charge in [0.05, 0.1) is 0 Å². The van der Waals surface area contributed by atoms with Crippen LogP contribution >= 0.6 is 0 Å². The number of oxazole rings is 1. The lowest BCUT2D eigenvalue weighted by atomic mass is 10.1. The summed E-state index contributed by atoms with van der Waals surface area (Å²) in [5, 5.41) is 2.35. The molecule has 0 spiro atoms. The van der Waals surface area contributed by atoms with Crippen LogP contribution in [-0.4, -0.2) is 9.97 Å². The highest BCUT2D eigenvalue weighted by Crippen LogP contribution is 2.23. The molecule has 0 radical (unpaired) electrons. The number of aromatic nitrogens is 2. The zero-order chi connectivity index (χ0) is 12.9. The van der Waals surface area contributed by atoms with Crippen molar-refractivity contribution in [3.05, 3.63) is 73.4 Å². The molecule has 0 atom stereocenters. The Labute approximate surface area is 110 Å². The Bertz CT molecular complexity index is 751. The van der Waals surface area contributed by atoms with E-state index in [2.05, 4.69) is 22.1 Å². The zero-order valence-corrected chi connectivity index (χ0v) is 10.2. The summed E-state index contributed by atoms with van der Waals surface area (Å²) in [6.45, 7) is 0. The van der Waals surface area contributed by atoms with Crippen molar-refractivity contribution in [1.29, 1.82) is 0 Å². The SMILES string of the molecule is c1ccc2c(c1)ccc1ocnc12.c1ccncc1. The summed E-state index contributed by atoms with van der Waals surface area (Å²) in [5.41, 5.74) is 1.79. The average Bonchev–Trinajstić information content (AvgIpc) is 2.99. The molecule has 0 aliphatic rings. The van der Waals surface area contributed by atoms with Crippen LogP contribution in [-0.2, 0) is 0 Å². The molecule has 0 fully saturated rings. The van der Waals surface area contributed by atoms with Gasteiger partial charge in [0.15, 0.2) is 12.0 Å². The predicted octanol–water partition coefficient (Wildman–Crippen LogP) is 4.06. The fourth-order valence-corrected chi connectivity index (χ4v) is 1.91. The van der Waals surface area contributed by atoms with Crippen LogP contribution in [0.3, 0.4) is 0 Å². The van der Waals surface area contributed by atoms with E-state index in [1.807, 2.05) is 42.5 Å². The van der Waals surface area contributed by atoms with Gasteiger partial charge in [-0.05, 0) is 23.6 Å². The first kappa shape index (κ1) is 11.4. The van der Waals surface area contributed by atoms with Gasteiger partial charge in [-0.1, -0.05) is 36.4 Å². The summed E-state index contributed by atoms with van der Waals surface area (Å²) in [6, 6.07) is 17.9. The van der Waals surface area contributed by atoms with Crippen LogP contribution in [0.2, 0.25) is 0 Å². The van der Waals surface area contributed by atoms with Crippen molar-refractivity contribution < 1.29 is 4.42 Å². The Morgan fingerprint density at radius 3 is 2.37 bits per heavy atom. The van der Waals surface area contributed by atoms with Gasteiger partial charge in [-0.25, -0.2) is 4.98 Å². The van der Waals surface area contributed by atoms with Crippen molar-refractivity contribution >= 4 is 21.9 Å². The number of fused-ring (bicyclic) bond motifs is 3. The van der Waals surface area contributed by atoms with Gasteiger partial charge < -0.3 is 4.42 Å². The van der Waals surface area contributed by atoms with Crippen molar-refractivity contribution in [3.8, 4) is 0 Å². The van der Waals surface area contributed by atoms with E-state index in [1.54, 1.807) is 12.4 Å². The minimum atomic E-state index is 0.846. The molecule has 0 amide bonds. The van der Waals surface area contributed by atoms with Crippen LogP contribution in [0.25, 0.3) is 21.9 Å². The largest absolute Gasteiger partial charge is 0.443 e. The summed E-state index contributed by atoms with van der Waals surface area (Å²) in [5.74, 6) is 0. The third-order valence-corrected chi connectivity index (χ3v) is 2.79. The first-order chi connectivity index (χ1) is 9.45. The molecule has 2 aromatic heterocycles. The van der Waals surface area contributed by atoms with E-state index in [0.717, 1.165) is 16.5 Å². The summed E-state index contributed by atoms with van der Waals surface area (Å²) in [4.78, 5) is 7.96. The highest BCUT2D eigenvalue weighted by Gasteiger charge is 2.01. The lowest BCUT2D eigenvalue weighted by Gasteiger charge is -1.95. The standard InChI is InChI=1S/C11H7NO.C5H5N/c1-2-4-9-8(3-1)5-6-10-11(9)12-7-13-10;1-2-4-6-5-3-1/h1-7H;1-5H. The van der Waals surface area contributed by atoms with E-state index in [1.165, 1.54) is 11.8 Å². The van der Waals surface area contributed by atoms with Crippen LogP contribution in [0, 0.1) is 0 Å². The second-order valence-corrected chi connectivity index (χ2v) is 4.01. The molecule has 3 heteroatoms. The van der Waals surface area contributed by atoms with E-state index in [9.17, 15) is 0 Å². The molecular weight excluding hydrogens is 236 g/mol. The van der Waals surface area contributed by atoms with Gasteiger partial charge in [-0.2, -0.15) is 0 Å².